The van der Waals surface area contributed by atoms with Crippen molar-refractivity contribution in [3.63, 3.8) is 0 Å². The molecule has 2 N–H and O–H groups in total. The molecular weight excluding hydrogens is 202 g/mol. The number of rotatable bonds is 6. The number of methoxy groups -OCH3 is 1. The Labute approximate surface area is 90.5 Å². The van der Waals surface area contributed by atoms with Crippen molar-refractivity contribution in [1.29, 1.82) is 0 Å². The van der Waals surface area contributed by atoms with Gasteiger partial charge in [-0.25, -0.2) is 0 Å². The zero-order valence-corrected chi connectivity index (χ0v) is 9.84. The summed E-state index contributed by atoms with van der Waals surface area (Å²) in [5.74, 6) is -0.112. The van der Waals surface area contributed by atoms with Crippen LogP contribution in [-0.2, 0) is 14.3 Å². The molecule has 0 saturated heterocycles. The first kappa shape index (κ1) is 13.7. The molecular formula is C9H19NO3S. The average Bonchev–Trinajstić information content (AvgIpc) is 2.16. The SMILES string of the molecule is COC(C)(C)CCOC(=O)[C@@H](N)CS. The summed E-state index contributed by atoms with van der Waals surface area (Å²) in [6.07, 6.45) is 0.647. The summed E-state index contributed by atoms with van der Waals surface area (Å²) in [5.41, 5.74) is 5.14. The van der Waals surface area contributed by atoms with E-state index in [2.05, 4.69) is 12.6 Å². The van der Waals surface area contributed by atoms with Gasteiger partial charge in [0.05, 0.1) is 12.2 Å². The summed E-state index contributed by atoms with van der Waals surface area (Å²) in [7, 11) is 1.63. The normalized spacial score (nSPS) is 13.8. The Morgan fingerprint density at radius 1 is 1.57 bits per heavy atom. The number of hydrogen-bond acceptors (Lipinski definition) is 5. The topological polar surface area (TPSA) is 61.5 Å². The van der Waals surface area contributed by atoms with Crippen LogP contribution in [0.2, 0.25) is 0 Å². The molecule has 0 fully saturated rings. The van der Waals surface area contributed by atoms with E-state index in [0.29, 0.717) is 18.8 Å². The van der Waals surface area contributed by atoms with Gasteiger partial charge in [-0.15, -0.1) is 0 Å². The molecule has 5 heteroatoms. The van der Waals surface area contributed by atoms with Crippen molar-refractivity contribution in [1.82, 2.24) is 0 Å². The van der Waals surface area contributed by atoms with E-state index in [1.807, 2.05) is 13.8 Å². The molecule has 0 aliphatic carbocycles. The van der Waals surface area contributed by atoms with Crippen molar-refractivity contribution in [2.75, 3.05) is 19.5 Å². The van der Waals surface area contributed by atoms with Crippen LogP contribution in [-0.4, -0.2) is 37.1 Å². The van der Waals surface area contributed by atoms with Gasteiger partial charge in [0.25, 0.3) is 0 Å². The van der Waals surface area contributed by atoms with Crippen LogP contribution in [0.3, 0.4) is 0 Å². The molecule has 84 valence electrons. The smallest absolute Gasteiger partial charge is 0.323 e. The Kier molecular flexibility index (Phi) is 6.15. The first-order valence-electron chi connectivity index (χ1n) is 4.51. The van der Waals surface area contributed by atoms with E-state index in [9.17, 15) is 4.79 Å². The first-order chi connectivity index (χ1) is 6.43. The molecule has 0 saturated carbocycles. The largest absolute Gasteiger partial charge is 0.464 e. The van der Waals surface area contributed by atoms with E-state index < -0.39 is 12.0 Å². The minimum Gasteiger partial charge on any atom is -0.464 e. The van der Waals surface area contributed by atoms with Gasteiger partial charge >= 0.3 is 5.97 Å². The Morgan fingerprint density at radius 3 is 2.57 bits per heavy atom. The third-order valence-corrected chi connectivity index (χ3v) is 2.39. The van der Waals surface area contributed by atoms with E-state index in [1.165, 1.54) is 0 Å². The van der Waals surface area contributed by atoms with Crippen molar-refractivity contribution >= 4 is 18.6 Å². The molecule has 0 unspecified atom stereocenters. The molecule has 0 aromatic heterocycles. The fourth-order valence-electron chi connectivity index (χ4n) is 0.681. The maximum absolute atomic E-state index is 11.1. The monoisotopic (exact) mass is 221 g/mol. The van der Waals surface area contributed by atoms with Gasteiger partial charge in [-0.1, -0.05) is 0 Å². The van der Waals surface area contributed by atoms with Crippen molar-refractivity contribution in [3.8, 4) is 0 Å². The number of carbonyl (C=O) groups excluding carboxylic acids is 1. The predicted octanol–water partition coefficient (Wildman–Crippen LogP) is 0.602. The Morgan fingerprint density at radius 2 is 2.14 bits per heavy atom. The van der Waals surface area contributed by atoms with Gasteiger partial charge in [0.1, 0.15) is 6.04 Å². The summed E-state index contributed by atoms with van der Waals surface area (Å²) in [4.78, 5) is 11.1. The highest BCUT2D eigenvalue weighted by atomic mass is 32.1. The van der Waals surface area contributed by atoms with Gasteiger partial charge in [0.15, 0.2) is 0 Å². The highest BCUT2D eigenvalue weighted by Crippen LogP contribution is 2.12. The first-order valence-corrected chi connectivity index (χ1v) is 5.14. The van der Waals surface area contributed by atoms with Crippen LogP contribution in [0, 0.1) is 0 Å². The van der Waals surface area contributed by atoms with E-state index in [4.69, 9.17) is 15.2 Å². The molecule has 0 aromatic rings. The van der Waals surface area contributed by atoms with E-state index in [0.717, 1.165) is 0 Å². The number of thiol groups is 1. The van der Waals surface area contributed by atoms with Crippen LogP contribution in [0.15, 0.2) is 0 Å². The molecule has 4 nitrogen and oxygen atoms in total. The second-order valence-electron chi connectivity index (χ2n) is 3.67. The molecule has 0 aliphatic heterocycles. The van der Waals surface area contributed by atoms with Crippen LogP contribution in [0.1, 0.15) is 20.3 Å². The molecule has 1 atom stereocenters. The molecule has 0 radical (unpaired) electrons. The Hall–Kier alpha value is -0.260. The third kappa shape index (κ3) is 5.47. The van der Waals surface area contributed by atoms with Gasteiger partial charge in [0.2, 0.25) is 0 Å². The van der Waals surface area contributed by atoms with Crippen LogP contribution >= 0.6 is 12.6 Å². The lowest BCUT2D eigenvalue weighted by molar-refractivity contribution is -0.146. The van der Waals surface area contributed by atoms with Crippen LogP contribution in [0.4, 0.5) is 0 Å². The van der Waals surface area contributed by atoms with Crippen LogP contribution in [0.25, 0.3) is 0 Å². The van der Waals surface area contributed by atoms with E-state index in [1.54, 1.807) is 7.11 Å². The second kappa shape index (κ2) is 6.27. The van der Waals surface area contributed by atoms with Gasteiger partial charge in [-0.2, -0.15) is 12.6 Å². The molecule has 0 aromatic carbocycles. The van der Waals surface area contributed by atoms with Crippen LogP contribution < -0.4 is 5.73 Å². The predicted molar refractivity (Wildman–Crippen MR) is 58.5 cm³/mol. The standard InChI is InChI=1S/C9H19NO3S/c1-9(2,12-3)4-5-13-8(11)7(10)6-14/h7,14H,4-6,10H2,1-3H3/t7-/m0/s1. The maximum Gasteiger partial charge on any atom is 0.323 e. The average molecular weight is 221 g/mol. The molecule has 0 spiro atoms. The van der Waals surface area contributed by atoms with Crippen molar-refractivity contribution in [3.05, 3.63) is 0 Å². The van der Waals surface area contributed by atoms with Gasteiger partial charge < -0.3 is 15.2 Å². The van der Waals surface area contributed by atoms with Gasteiger partial charge in [-0.3, -0.25) is 4.79 Å². The quantitative estimate of drug-likeness (QED) is 0.509. The fourth-order valence-corrected chi connectivity index (χ4v) is 0.830. The molecule has 0 bridgehead atoms. The number of hydrogen-bond donors (Lipinski definition) is 2. The zero-order valence-electron chi connectivity index (χ0n) is 8.95. The van der Waals surface area contributed by atoms with Gasteiger partial charge in [-0.05, 0) is 13.8 Å². The van der Waals surface area contributed by atoms with Gasteiger partial charge in [0, 0.05) is 19.3 Å². The number of carbonyl (C=O) groups is 1. The minimum absolute atomic E-state index is 0.272. The Bertz CT molecular complexity index is 185. The summed E-state index contributed by atoms with van der Waals surface area (Å²) in [6.45, 7) is 4.18. The summed E-state index contributed by atoms with van der Waals surface area (Å²) < 4.78 is 10.1. The second-order valence-corrected chi connectivity index (χ2v) is 4.04. The molecule has 0 aliphatic rings. The lowest BCUT2D eigenvalue weighted by Gasteiger charge is -2.22. The zero-order chi connectivity index (χ0) is 11.2. The lowest BCUT2D eigenvalue weighted by atomic mass is 10.1. The Balaban J connectivity index is 3.69. The fraction of sp³-hybridized carbons (Fsp3) is 0.889. The maximum atomic E-state index is 11.1. The third-order valence-electron chi connectivity index (χ3n) is 2.00. The van der Waals surface area contributed by atoms with Crippen molar-refractivity contribution in [2.45, 2.75) is 31.9 Å². The highest BCUT2D eigenvalue weighted by Gasteiger charge is 2.18. The summed E-state index contributed by atoms with van der Waals surface area (Å²) >= 11 is 3.90. The molecule has 0 heterocycles. The van der Waals surface area contributed by atoms with E-state index in [-0.39, 0.29) is 5.60 Å². The number of esters is 1. The highest BCUT2D eigenvalue weighted by molar-refractivity contribution is 7.80. The van der Waals surface area contributed by atoms with Crippen molar-refractivity contribution < 1.29 is 14.3 Å². The molecule has 0 amide bonds. The molecule has 14 heavy (non-hydrogen) atoms. The minimum atomic E-state index is -0.635. The van der Waals surface area contributed by atoms with Crippen molar-refractivity contribution in [2.24, 2.45) is 5.73 Å². The lowest BCUT2D eigenvalue weighted by Crippen LogP contribution is -2.35. The number of nitrogens with two attached hydrogens (primary N) is 1. The molecule has 0 rings (SSSR count). The number of ether oxygens (including phenoxy) is 2. The van der Waals surface area contributed by atoms with E-state index >= 15 is 0 Å². The van der Waals surface area contributed by atoms with Crippen LogP contribution in [0.5, 0.6) is 0 Å². The summed E-state index contributed by atoms with van der Waals surface area (Å²) in [6, 6.07) is -0.635. The summed E-state index contributed by atoms with van der Waals surface area (Å²) in [5, 5.41) is 0.